The van der Waals surface area contributed by atoms with Crippen molar-refractivity contribution in [1.82, 2.24) is 10.2 Å². The Morgan fingerprint density at radius 1 is 1.44 bits per heavy atom. The molecule has 0 heterocycles. The van der Waals surface area contributed by atoms with Gasteiger partial charge in [-0.2, -0.15) is 5.26 Å². The first-order valence-corrected chi connectivity index (χ1v) is 6.11. The molecule has 1 N–H and O–H groups in total. The third-order valence-corrected chi connectivity index (χ3v) is 2.80. The molecule has 1 aromatic rings. The van der Waals surface area contributed by atoms with Gasteiger partial charge in [-0.1, -0.05) is 6.07 Å². The lowest BCUT2D eigenvalue weighted by Crippen LogP contribution is -2.22. The summed E-state index contributed by atoms with van der Waals surface area (Å²) in [5, 5.41) is 12.2. The summed E-state index contributed by atoms with van der Waals surface area (Å²) in [5.41, 5.74) is 1.73. The van der Waals surface area contributed by atoms with Crippen LogP contribution in [0.15, 0.2) is 18.2 Å². The van der Waals surface area contributed by atoms with Crippen molar-refractivity contribution in [3.63, 3.8) is 0 Å². The van der Waals surface area contributed by atoms with Gasteiger partial charge in [-0.3, -0.25) is 0 Å². The molecule has 0 aliphatic rings. The molecule has 0 atom stereocenters. The molecule has 0 amide bonds. The highest BCUT2D eigenvalue weighted by atomic mass is 16.5. The van der Waals surface area contributed by atoms with Crippen molar-refractivity contribution in [3.8, 4) is 11.8 Å². The Bertz CT molecular complexity index is 412. The Morgan fingerprint density at radius 2 is 2.22 bits per heavy atom. The van der Waals surface area contributed by atoms with E-state index in [4.69, 9.17) is 10.00 Å². The van der Waals surface area contributed by atoms with E-state index in [1.807, 2.05) is 25.2 Å². The van der Waals surface area contributed by atoms with Crippen LogP contribution in [0.3, 0.4) is 0 Å². The van der Waals surface area contributed by atoms with Crippen LogP contribution in [-0.4, -0.2) is 39.2 Å². The van der Waals surface area contributed by atoms with E-state index in [1.54, 1.807) is 7.11 Å². The molecule has 0 spiro atoms. The molecular formula is C14H21N3O. The van der Waals surface area contributed by atoms with Gasteiger partial charge in [-0.25, -0.2) is 0 Å². The first-order valence-electron chi connectivity index (χ1n) is 6.11. The minimum Gasteiger partial charge on any atom is -0.495 e. The van der Waals surface area contributed by atoms with Crippen LogP contribution < -0.4 is 10.1 Å². The summed E-state index contributed by atoms with van der Waals surface area (Å²) in [6.45, 7) is 2.91. The van der Waals surface area contributed by atoms with Crippen LogP contribution in [0, 0.1) is 11.3 Å². The van der Waals surface area contributed by atoms with Gasteiger partial charge in [0.1, 0.15) is 11.8 Å². The second-order valence-corrected chi connectivity index (χ2v) is 4.34. The highest BCUT2D eigenvalue weighted by Gasteiger charge is 2.05. The smallest absolute Gasteiger partial charge is 0.136 e. The maximum Gasteiger partial charge on any atom is 0.136 e. The van der Waals surface area contributed by atoms with Gasteiger partial charge in [0.15, 0.2) is 0 Å². The molecule has 0 aromatic heterocycles. The summed E-state index contributed by atoms with van der Waals surface area (Å²) < 4.78 is 5.13. The molecule has 0 unspecified atom stereocenters. The fourth-order valence-corrected chi connectivity index (χ4v) is 1.86. The number of hydrogen-bond donors (Lipinski definition) is 1. The zero-order chi connectivity index (χ0) is 13.4. The zero-order valence-electron chi connectivity index (χ0n) is 11.4. The van der Waals surface area contributed by atoms with Gasteiger partial charge in [0.05, 0.1) is 12.7 Å². The molecule has 0 aliphatic heterocycles. The zero-order valence-corrected chi connectivity index (χ0v) is 11.4. The number of methoxy groups -OCH3 is 1. The number of ether oxygens (including phenoxy) is 1. The molecule has 0 saturated carbocycles. The van der Waals surface area contributed by atoms with Crippen molar-refractivity contribution in [2.45, 2.75) is 13.0 Å². The van der Waals surface area contributed by atoms with Gasteiger partial charge in [-0.05, 0) is 51.3 Å². The second kappa shape index (κ2) is 7.70. The Kier molecular flexibility index (Phi) is 6.20. The molecule has 98 valence electrons. The number of nitriles is 1. The maximum atomic E-state index is 9.03. The van der Waals surface area contributed by atoms with Gasteiger partial charge >= 0.3 is 0 Å². The fourth-order valence-electron chi connectivity index (χ4n) is 1.86. The van der Waals surface area contributed by atoms with Gasteiger partial charge in [0.2, 0.25) is 0 Å². The topological polar surface area (TPSA) is 48.3 Å². The van der Waals surface area contributed by atoms with Crippen molar-refractivity contribution in [2.24, 2.45) is 0 Å². The van der Waals surface area contributed by atoms with Crippen molar-refractivity contribution >= 4 is 0 Å². The van der Waals surface area contributed by atoms with Crippen molar-refractivity contribution in [1.29, 1.82) is 5.26 Å². The first-order chi connectivity index (χ1) is 8.71. The SMILES string of the molecule is CNCCCN(C)Cc1ccc(OC)c(C#N)c1. The first kappa shape index (κ1) is 14.5. The summed E-state index contributed by atoms with van der Waals surface area (Å²) in [4.78, 5) is 2.25. The largest absolute Gasteiger partial charge is 0.495 e. The molecular weight excluding hydrogens is 226 g/mol. The minimum atomic E-state index is 0.596. The van der Waals surface area contributed by atoms with Crippen LogP contribution in [0.2, 0.25) is 0 Å². The van der Waals surface area contributed by atoms with Crippen LogP contribution in [-0.2, 0) is 6.54 Å². The number of benzene rings is 1. The molecule has 0 aliphatic carbocycles. The summed E-state index contributed by atoms with van der Waals surface area (Å²) in [7, 11) is 5.63. The monoisotopic (exact) mass is 247 g/mol. The molecule has 0 fully saturated rings. The van der Waals surface area contributed by atoms with Gasteiger partial charge in [-0.15, -0.1) is 0 Å². The van der Waals surface area contributed by atoms with Gasteiger partial charge < -0.3 is 15.0 Å². The number of hydrogen-bond acceptors (Lipinski definition) is 4. The molecule has 4 nitrogen and oxygen atoms in total. The average molecular weight is 247 g/mol. The van der Waals surface area contributed by atoms with Crippen molar-refractivity contribution < 1.29 is 4.74 Å². The van der Waals surface area contributed by atoms with Crippen molar-refractivity contribution in [2.75, 3.05) is 34.3 Å². The molecule has 1 rings (SSSR count). The molecule has 0 bridgehead atoms. The molecule has 0 radical (unpaired) electrons. The van der Waals surface area contributed by atoms with E-state index in [1.165, 1.54) is 0 Å². The number of nitrogens with zero attached hydrogens (tertiary/aromatic N) is 2. The Balaban J connectivity index is 2.59. The van der Waals surface area contributed by atoms with E-state index >= 15 is 0 Å². The summed E-state index contributed by atoms with van der Waals surface area (Å²) in [5.74, 6) is 0.638. The van der Waals surface area contributed by atoms with Crippen molar-refractivity contribution in [3.05, 3.63) is 29.3 Å². The molecule has 4 heteroatoms. The fraction of sp³-hybridized carbons (Fsp3) is 0.500. The predicted octanol–water partition coefficient (Wildman–Crippen LogP) is 1.61. The third kappa shape index (κ3) is 4.36. The summed E-state index contributed by atoms with van der Waals surface area (Å²) >= 11 is 0. The van der Waals surface area contributed by atoms with Crippen LogP contribution in [0.25, 0.3) is 0 Å². The number of nitrogens with one attached hydrogen (secondary N) is 1. The Hall–Kier alpha value is -1.57. The quantitative estimate of drug-likeness (QED) is 0.744. The molecule has 0 saturated heterocycles. The van der Waals surface area contributed by atoms with E-state index in [0.29, 0.717) is 11.3 Å². The summed E-state index contributed by atoms with van der Waals surface area (Å²) in [6, 6.07) is 7.92. The van der Waals surface area contributed by atoms with E-state index in [2.05, 4.69) is 23.3 Å². The highest BCUT2D eigenvalue weighted by molar-refractivity contribution is 5.45. The van der Waals surface area contributed by atoms with E-state index in [0.717, 1.165) is 31.6 Å². The maximum absolute atomic E-state index is 9.03. The molecule has 18 heavy (non-hydrogen) atoms. The lowest BCUT2D eigenvalue weighted by molar-refractivity contribution is 0.321. The lowest BCUT2D eigenvalue weighted by atomic mass is 10.1. The Labute approximate surface area is 109 Å². The predicted molar refractivity (Wildman–Crippen MR) is 72.6 cm³/mol. The van der Waals surface area contributed by atoms with Crippen LogP contribution in [0.1, 0.15) is 17.5 Å². The lowest BCUT2D eigenvalue weighted by Gasteiger charge is -2.17. The van der Waals surface area contributed by atoms with Crippen LogP contribution in [0.4, 0.5) is 0 Å². The highest BCUT2D eigenvalue weighted by Crippen LogP contribution is 2.19. The normalized spacial score (nSPS) is 10.4. The van der Waals surface area contributed by atoms with Crippen LogP contribution in [0.5, 0.6) is 5.75 Å². The van der Waals surface area contributed by atoms with Gasteiger partial charge in [0.25, 0.3) is 0 Å². The standard InChI is InChI=1S/C14H21N3O/c1-16-7-4-8-17(2)11-12-5-6-14(18-3)13(9-12)10-15/h5-6,9,16H,4,7-8,11H2,1-3H3. The average Bonchev–Trinajstić information content (AvgIpc) is 2.39. The van der Waals surface area contributed by atoms with E-state index in [-0.39, 0.29) is 0 Å². The summed E-state index contributed by atoms with van der Waals surface area (Å²) in [6.07, 6.45) is 1.12. The second-order valence-electron chi connectivity index (χ2n) is 4.34. The van der Waals surface area contributed by atoms with E-state index in [9.17, 15) is 0 Å². The molecule has 1 aromatic carbocycles. The van der Waals surface area contributed by atoms with Crippen LogP contribution >= 0.6 is 0 Å². The van der Waals surface area contributed by atoms with Gasteiger partial charge in [0, 0.05) is 6.54 Å². The number of rotatable bonds is 7. The third-order valence-electron chi connectivity index (χ3n) is 2.80. The Morgan fingerprint density at radius 3 is 2.83 bits per heavy atom. The minimum absolute atomic E-state index is 0.596. The van der Waals surface area contributed by atoms with E-state index < -0.39 is 0 Å².